The molecule has 0 N–H and O–H groups in total. The van der Waals surface area contributed by atoms with Crippen LogP contribution >= 0.6 is 0 Å². The average Bonchev–Trinajstić information content (AvgIpc) is 2.27. The van der Waals surface area contributed by atoms with E-state index in [1.807, 2.05) is 0 Å². The van der Waals surface area contributed by atoms with E-state index in [9.17, 15) is 4.79 Å². The zero-order valence-electron chi connectivity index (χ0n) is 5.80. The summed E-state index contributed by atoms with van der Waals surface area (Å²) in [6.07, 6.45) is 6.10. The minimum absolute atomic E-state index is 0.0434. The SMILES string of the molecule is O=C1CC2CCCC=C2O1. The minimum Gasteiger partial charge on any atom is -0.431 e. The number of carbonyl (C=O) groups excluding carboxylic acids is 1. The predicted molar refractivity (Wildman–Crippen MR) is 36.1 cm³/mol. The Balaban J connectivity index is 2.20. The quantitative estimate of drug-likeness (QED) is 0.475. The molecule has 0 bridgehead atoms. The lowest BCUT2D eigenvalue weighted by atomic mass is 9.93. The fourth-order valence-electron chi connectivity index (χ4n) is 1.62. The van der Waals surface area contributed by atoms with Gasteiger partial charge in [-0.25, -0.2) is 0 Å². The molecule has 1 heterocycles. The Morgan fingerprint density at radius 1 is 1.60 bits per heavy atom. The normalized spacial score (nSPS) is 31.0. The molecule has 0 aromatic heterocycles. The summed E-state index contributed by atoms with van der Waals surface area (Å²) in [5.41, 5.74) is 0. The Hall–Kier alpha value is -0.790. The van der Waals surface area contributed by atoms with Gasteiger partial charge in [0.1, 0.15) is 5.76 Å². The third-order valence-electron chi connectivity index (χ3n) is 2.15. The molecular formula is C8H10O2. The van der Waals surface area contributed by atoms with E-state index in [0.717, 1.165) is 18.6 Å². The number of esters is 1. The van der Waals surface area contributed by atoms with Crippen LogP contribution in [0.4, 0.5) is 0 Å². The summed E-state index contributed by atoms with van der Waals surface area (Å²) in [4.78, 5) is 10.7. The van der Waals surface area contributed by atoms with Crippen molar-refractivity contribution in [3.05, 3.63) is 11.8 Å². The predicted octanol–water partition coefficient (Wildman–Crippen LogP) is 1.62. The van der Waals surface area contributed by atoms with Crippen LogP contribution < -0.4 is 0 Å². The second-order valence-electron chi connectivity index (χ2n) is 2.91. The van der Waals surface area contributed by atoms with Crippen LogP contribution in [0.1, 0.15) is 25.7 Å². The molecule has 0 aromatic carbocycles. The lowest BCUT2D eigenvalue weighted by Gasteiger charge is -2.12. The van der Waals surface area contributed by atoms with Crippen molar-refractivity contribution >= 4 is 5.97 Å². The maximum absolute atomic E-state index is 10.7. The third kappa shape index (κ3) is 0.838. The van der Waals surface area contributed by atoms with Gasteiger partial charge in [-0.15, -0.1) is 0 Å². The summed E-state index contributed by atoms with van der Waals surface area (Å²) in [7, 11) is 0. The van der Waals surface area contributed by atoms with Crippen molar-refractivity contribution in [3.8, 4) is 0 Å². The van der Waals surface area contributed by atoms with Crippen LogP contribution in [0.5, 0.6) is 0 Å². The van der Waals surface area contributed by atoms with Crippen molar-refractivity contribution in [1.29, 1.82) is 0 Å². The number of rotatable bonds is 0. The van der Waals surface area contributed by atoms with Crippen molar-refractivity contribution in [2.24, 2.45) is 5.92 Å². The number of ether oxygens (including phenoxy) is 1. The largest absolute Gasteiger partial charge is 0.431 e. The summed E-state index contributed by atoms with van der Waals surface area (Å²) >= 11 is 0. The van der Waals surface area contributed by atoms with Gasteiger partial charge in [-0.1, -0.05) is 0 Å². The van der Waals surface area contributed by atoms with Gasteiger partial charge in [0, 0.05) is 5.92 Å². The summed E-state index contributed by atoms with van der Waals surface area (Å²) < 4.78 is 4.99. The first-order chi connectivity index (χ1) is 4.86. The van der Waals surface area contributed by atoms with Crippen LogP contribution in [0.25, 0.3) is 0 Å². The summed E-state index contributed by atoms with van der Waals surface area (Å²) in [5, 5.41) is 0. The van der Waals surface area contributed by atoms with Crippen molar-refractivity contribution in [2.45, 2.75) is 25.7 Å². The van der Waals surface area contributed by atoms with Crippen LogP contribution in [0.3, 0.4) is 0 Å². The summed E-state index contributed by atoms with van der Waals surface area (Å²) in [6.45, 7) is 0. The van der Waals surface area contributed by atoms with Crippen molar-refractivity contribution < 1.29 is 9.53 Å². The molecule has 1 saturated heterocycles. The van der Waals surface area contributed by atoms with E-state index < -0.39 is 0 Å². The van der Waals surface area contributed by atoms with Crippen molar-refractivity contribution in [3.63, 3.8) is 0 Å². The summed E-state index contributed by atoms with van der Waals surface area (Å²) in [5.74, 6) is 1.33. The second kappa shape index (κ2) is 2.11. The molecule has 10 heavy (non-hydrogen) atoms. The maximum Gasteiger partial charge on any atom is 0.311 e. The fourth-order valence-corrected chi connectivity index (χ4v) is 1.62. The molecular weight excluding hydrogens is 128 g/mol. The molecule has 2 heteroatoms. The highest BCUT2D eigenvalue weighted by molar-refractivity contribution is 5.74. The number of fused-ring (bicyclic) bond motifs is 1. The van der Waals surface area contributed by atoms with Crippen LogP contribution in [0.15, 0.2) is 11.8 Å². The topological polar surface area (TPSA) is 26.3 Å². The Bertz CT molecular complexity index is 193. The minimum atomic E-state index is -0.0434. The standard InChI is InChI=1S/C8H10O2/c9-8-5-6-3-1-2-4-7(6)10-8/h4,6H,1-3,5H2. The zero-order valence-corrected chi connectivity index (χ0v) is 5.80. The first kappa shape index (κ1) is 5.96. The van der Waals surface area contributed by atoms with Crippen LogP contribution in [0.2, 0.25) is 0 Å². The smallest absolute Gasteiger partial charge is 0.311 e. The molecule has 1 unspecified atom stereocenters. The van der Waals surface area contributed by atoms with Gasteiger partial charge in [-0.05, 0) is 25.3 Å². The molecule has 54 valence electrons. The molecule has 1 fully saturated rings. The summed E-state index contributed by atoms with van der Waals surface area (Å²) in [6, 6.07) is 0. The van der Waals surface area contributed by atoms with Crippen molar-refractivity contribution in [1.82, 2.24) is 0 Å². The van der Waals surface area contributed by atoms with E-state index in [2.05, 4.69) is 6.08 Å². The van der Waals surface area contributed by atoms with Crippen LogP contribution in [-0.4, -0.2) is 5.97 Å². The second-order valence-corrected chi connectivity index (χ2v) is 2.91. The molecule has 1 atom stereocenters. The number of hydrogen-bond donors (Lipinski definition) is 0. The molecule has 2 aliphatic rings. The third-order valence-corrected chi connectivity index (χ3v) is 2.15. The van der Waals surface area contributed by atoms with Gasteiger partial charge in [0.2, 0.25) is 0 Å². The molecule has 2 rings (SSSR count). The molecule has 0 saturated carbocycles. The first-order valence-corrected chi connectivity index (χ1v) is 3.77. The van der Waals surface area contributed by atoms with Gasteiger partial charge in [0.15, 0.2) is 0 Å². The van der Waals surface area contributed by atoms with Gasteiger partial charge in [-0.2, -0.15) is 0 Å². The van der Waals surface area contributed by atoms with E-state index in [-0.39, 0.29) is 5.97 Å². The van der Waals surface area contributed by atoms with E-state index in [1.54, 1.807) is 0 Å². The van der Waals surface area contributed by atoms with Crippen LogP contribution in [-0.2, 0) is 9.53 Å². The van der Waals surface area contributed by atoms with Crippen LogP contribution in [0, 0.1) is 5.92 Å². The van der Waals surface area contributed by atoms with E-state index >= 15 is 0 Å². The highest BCUT2D eigenvalue weighted by Gasteiger charge is 2.30. The lowest BCUT2D eigenvalue weighted by Crippen LogP contribution is -2.01. The molecule has 2 nitrogen and oxygen atoms in total. The van der Waals surface area contributed by atoms with Gasteiger partial charge in [0.25, 0.3) is 0 Å². The van der Waals surface area contributed by atoms with Gasteiger partial charge in [0.05, 0.1) is 6.42 Å². The van der Waals surface area contributed by atoms with Gasteiger partial charge in [-0.3, -0.25) is 4.79 Å². The van der Waals surface area contributed by atoms with Gasteiger partial charge < -0.3 is 4.74 Å². The highest BCUT2D eigenvalue weighted by Crippen LogP contribution is 2.33. The molecule has 1 aliphatic carbocycles. The maximum atomic E-state index is 10.7. The molecule has 0 spiro atoms. The fraction of sp³-hybridized carbons (Fsp3) is 0.625. The number of hydrogen-bond acceptors (Lipinski definition) is 2. The van der Waals surface area contributed by atoms with E-state index in [4.69, 9.17) is 4.74 Å². The Labute approximate surface area is 59.9 Å². The number of allylic oxidation sites excluding steroid dienone is 2. The number of carbonyl (C=O) groups is 1. The first-order valence-electron chi connectivity index (χ1n) is 3.77. The molecule has 1 aliphatic heterocycles. The Morgan fingerprint density at radius 2 is 2.50 bits per heavy atom. The molecule has 0 aromatic rings. The monoisotopic (exact) mass is 138 g/mol. The highest BCUT2D eigenvalue weighted by atomic mass is 16.5. The molecule has 0 amide bonds. The zero-order chi connectivity index (χ0) is 6.97. The lowest BCUT2D eigenvalue weighted by molar-refractivity contribution is -0.135. The van der Waals surface area contributed by atoms with Crippen molar-refractivity contribution in [2.75, 3.05) is 0 Å². The Morgan fingerprint density at radius 3 is 3.30 bits per heavy atom. The van der Waals surface area contributed by atoms with E-state index in [0.29, 0.717) is 12.3 Å². The van der Waals surface area contributed by atoms with Gasteiger partial charge >= 0.3 is 5.97 Å². The molecule has 0 radical (unpaired) electrons. The Kier molecular flexibility index (Phi) is 1.26. The average molecular weight is 138 g/mol. The van der Waals surface area contributed by atoms with E-state index in [1.165, 1.54) is 6.42 Å².